The van der Waals surface area contributed by atoms with Gasteiger partial charge in [0, 0.05) is 42.8 Å². The van der Waals surface area contributed by atoms with E-state index in [9.17, 15) is 0 Å². The van der Waals surface area contributed by atoms with Gasteiger partial charge in [0.15, 0.2) is 0 Å². The molecule has 0 atom stereocenters. The van der Waals surface area contributed by atoms with Gasteiger partial charge in [-0.2, -0.15) is 0 Å². The van der Waals surface area contributed by atoms with Crippen LogP contribution in [-0.2, 0) is 6.54 Å². The van der Waals surface area contributed by atoms with Crippen LogP contribution < -0.4 is 10.2 Å². The van der Waals surface area contributed by atoms with Crippen molar-refractivity contribution in [3.63, 3.8) is 0 Å². The van der Waals surface area contributed by atoms with Crippen LogP contribution in [0.2, 0.25) is 0 Å². The molecular formula is C13H21N3. The van der Waals surface area contributed by atoms with Crippen LogP contribution in [0.1, 0.15) is 19.4 Å². The summed E-state index contributed by atoms with van der Waals surface area (Å²) in [6.45, 7) is 9.88. The van der Waals surface area contributed by atoms with E-state index < -0.39 is 0 Å². The third-order valence-electron chi connectivity index (χ3n) is 2.50. The zero-order valence-corrected chi connectivity index (χ0v) is 10.4. The van der Waals surface area contributed by atoms with Crippen molar-refractivity contribution < 1.29 is 0 Å². The third-order valence-corrected chi connectivity index (χ3v) is 2.50. The molecule has 0 aliphatic heterocycles. The monoisotopic (exact) mass is 219 g/mol. The van der Waals surface area contributed by atoms with E-state index in [1.807, 2.05) is 25.5 Å². The van der Waals surface area contributed by atoms with Crippen molar-refractivity contribution in [3.8, 4) is 0 Å². The van der Waals surface area contributed by atoms with Crippen LogP contribution in [0.4, 0.5) is 5.69 Å². The third kappa shape index (κ3) is 3.07. The molecule has 1 heterocycles. The zero-order chi connectivity index (χ0) is 12.0. The van der Waals surface area contributed by atoms with Crippen molar-refractivity contribution in [1.82, 2.24) is 10.3 Å². The van der Waals surface area contributed by atoms with Gasteiger partial charge in [0.05, 0.1) is 0 Å². The highest BCUT2D eigenvalue weighted by Gasteiger charge is 2.12. The van der Waals surface area contributed by atoms with Gasteiger partial charge in [-0.1, -0.05) is 6.08 Å². The standard InChI is InChI=1S/C13H21N3/c1-5-8-16(11(2)3)13-6-7-15-10-12(13)9-14-4/h5-7,10-11,14H,1,8-9H2,2-4H3. The Balaban J connectivity index is 3.02. The summed E-state index contributed by atoms with van der Waals surface area (Å²) in [4.78, 5) is 6.49. The average molecular weight is 219 g/mol. The summed E-state index contributed by atoms with van der Waals surface area (Å²) >= 11 is 0. The molecule has 0 aliphatic rings. The van der Waals surface area contributed by atoms with Crippen molar-refractivity contribution in [2.24, 2.45) is 0 Å². The van der Waals surface area contributed by atoms with Crippen LogP contribution in [0, 0.1) is 0 Å². The van der Waals surface area contributed by atoms with Crippen molar-refractivity contribution >= 4 is 5.69 Å². The van der Waals surface area contributed by atoms with E-state index in [2.05, 4.69) is 41.7 Å². The highest BCUT2D eigenvalue weighted by Crippen LogP contribution is 2.21. The number of hydrogen-bond donors (Lipinski definition) is 1. The van der Waals surface area contributed by atoms with Gasteiger partial charge < -0.3 is 10.2 Å². The number of pyridine rings is 1. The summed E-state index contributed by atoms with van der Waals surface area (Å²) in [5.41, 5.74) is 2.46. The molecule has 3 nitrogen and oxygen atoms in total. The van der Waals surface area contributed by atoms with Crippen LogP contribution in [0.5, 0.6) is 0 Å². The summed E-state index contributed by atoms with van der Waals surface area (Å²) in [7, 11) is 1.95. The minimum atomic E-state index is 0.455. The van der Waals surface area contributed by atoms with E-state index in [0.717, 1.165) is 13.1 Å². The molecule has 0 amide bonds. The molecule has 1 rings (SSSR count). The van der Waals surface area contributed by atoms with Gasteiger partial charge in [0.2, 0.25) is 0 Å². The maximum absolute atomic E-state index is 4.17. The molecule has 16 heavy (non-hydrogen) atoms. The van der Waals surface area contributed by atoms with Crippen LogP contribution >= 0.6 is 0 Å². The lowest BCUT2D eigenvalue weighted by Crippen LogP contribution is -2.32. The van der Waals surface area contributed by atoms with Gasteiger partial charge in [0.1, 0.15) is 0 Å². The number of rotatable bonds is 6. The van der Waals surface area contributed by atoms with E-state index in [-0.39, 0.29) is 0 Å². The molecule has 0 radical (unpaired) electrons. The Morgan fingerprint density at radius 1 is 1.56 bits per heavy atom. The maximum Gasteiger partial charge on any atom is 0.0447 e. The SMILES string of the molecule is C=CCN(c1ccncc1CNC)C(C)C. The molecule has 1 aromatic rings. The van der Waals surface area contributed by atoms with Gasteiger partial charge in [-0.15, -0.1) is 6.58 Å². The summed E-state index contributed by atoms with van der Waals surface area (Å²) in [5, 5.41) is 3.17. The highest BCUT2D eigenvalue weighted by molar-refractivity contribution is 5.53. The van der Waals surface area contributed by atoms with E-state index in [0.29, 0.717) is 6.04 Å². The second-order valence-corrected chi connectivity index (χ2v) is 4.07. The fourth-order valence-corrected chi connectivity index (χ4v) is 1.75. The molecule has 0 spiro atoms. The minimum absolute atomic E-state index is 0.455. The molecule has 88 valence electrons. The molecule has 0 aromatic carbocycles. The van der Waals surface area contributed by atoms with E-state index in [1.165, 1.54) is 11.3 Å². The normalized spacial score (nSPS) is 10.5. The lowest BCUT2D eigenvalue weighted by molar-refractivity contribution is 0.710. The number of aromatic nitrogens is 1. The fourth-order valence-electron chi connectivity index (χ4n) is 1.75. The Morgan fingerprint density at radius 3 is 2.88 bits per heavy atom. The van der Waals surface area contributed by atoms with E-state index in [1.54, 1.807) is 0 Å². The molecular weight excluding hydrogens is 198 g/mol. The van der Waals surface area contributed by atoms with Crippen molar-refractivity contribution in [2.75, 3.05) is 18.5 Å². The predicted molar refractivity (Wildman–Crippen MR) is 69.7 cm³/mol. The summed E-state index contributed by atoms with van der Waals surface area (Å²) in [6, 6.07) is 2.52. The van der Waals surface area contributed by atoms with Gasteiger partial charge in [-0.25, -0.2) is 0 Å². The number of nitrogens with one attached hydrogen (secondary N) is 1. The molecule has 1 aromatic heterocycles. The molecule has 1 N–H and O–H groups in total. The maximum atomic E-state index is 4.17. The molecule has 0 saturated heterocycles. The van der Waals surface area contributed by atoms with Crippen molar-refractivity contribution in [3.05, 3.63) is 36.7 Å². The Bertz CT molecular complexity index is 334. The fraction of sp³-hybridized carbons (Fsp3) is 0.462. The number of nitrogens with zero attached hydrogens (tertiary/aromatic N) is 2. The van der Waals surface area contributed by atoms with Gasteiger partial charge >= 0.3 is 0 Å². The van der Waals surface area contributed by atoms with Gasteiger partial charge in [0.25, 0.3) is 0 Å². The van der Waals surface area contributed by atoms with Gasteiger partial charge in [-0.05, 0) is 27.0 Å². The molecule has 0 fully saturated rings. The van der Waals surface area contributed by atoms with Gasteiger partial charge in [-0.3, -0.25) is 4.98 Å². The topological polar surface area (TPSA) is 28.2 Å². The average Bonchev–Trinajstić information content (AvgIpc) is 2.27. The molecule has 0 saturated carbocycles. The first-order valence-corrected chi connectivity index (χ1v) is 5.65. The van der Waals surface area contributed by atoms with Crippen LogP contribution in [0.3, 0.4) is 0 Å². The van der Waals surface area contributed by atoms with Crippen molar-refractivity contribution in [2.45, 2.75) is 26.4 Å². The number of anilines is 1. The Hall–Kier alpha value is -1.35. The molecule has 0 bridgehead atoms. The first kappa shape index (κ1) is 12.7. The molecule has 3 heteroatoms. The second-order valence-electron chi connectivity index (χ2n) is 4.07. The lowest BCUT2D eigenvalue weighted by atomic mass is 10.1. The van der Waals surface area contributed by atoms with Crippen LogP contribution in [0.15, 0.2) is 31.1 Å². The lowest BCUT2D eigenvalue weighted by Gasteiger charge is -2.29. The van der Waals surface area contributed by atoms with Crippen LogP contribution in [0.25, 0.3) is 0 Å². The summed E-state index contributed by atoms with van der Waals surface area (Å²) in [6.07, 6.45) is 5.70. The quantitative estimate of drug-likeness (QED) is 0.743. The van der Waals surface area contributed by atoms with Crippen LogP contribution in [-0.4, -0.2) is 24.6 Å². The first-order valence-electron chi connectivity index (χ1n) is 5.65. The molecule has 0 unspecified atom stereocenters. The smallest absolute Gasteiger partial charge is 0.0447 e. The predicted octanol–water partition coefficient (Wildman–Crippen LogP) is 2.20. The Morgan fingerprint density at radius 2 is 2.31 bits per heavy atom. The Labute approximate surface area is 98.2 Å². The Kier molecular flexibility index (Phi) is 4.99. The summed E-state index contributed by atoms with van der Waals surface area (Å²) < 4.78 is 0. The minimum Gasteiger partial charge on any atom is -0.365 e. The van der Waals surface area contributed by atoms with E-state index >= 15 is 0 Å². The second kappa shape index (κ2) is 6.28. The zero-order valence-electron chi connectivity index (χ0n) is 10.4. The van der Waals surface area contributed by atoms with Crippen molar-refractivity contribution in [1.29, 1.82) is 0 Å². The largest absolute Gasteiger partial charge is 0.365 e. The molecule has 0 aliphatic carbocycles. The summed E-state index contributed by atoms with van der Waals surface area (Å²) in [5.74, 6) is 0. The number of hydrogen-bond acceptors (Lipinski definition) is 3. The highest BCUT2D eigenvalue weighted by atomic mass is 15.2. The van der Waals surface area contributed by atoms with E-state index in [4.69, 9.17) is 0 Å². The first-order chi connectivity index (χ1) is 7.70.